The molecule has 2 aliphatic heterocycles. The molecule has 0 spiro atoms. The summed E-state index contributed by atoms with van der Waals surface area (Å²) in [7, 11) is 0. The third-order valence-corrected chi connectivity index (χ3v) is 6.03. The van der Waals surface area contributed by atoms with Gasteiger partial charge in [0.15, 0.2) is 0 Å². The highest BCUT2D eigenvalue weighted by molar-refractivity contribution is 6.25. The van der Waals surface area contributed by atoms with Crippen LogP contribution in [0, 0.1) is 5.41 Å². The number of hydrogen-bond donors (Lipinski definition) is 1. The summed E-state index contributed by atoms with van der Waals surface area (Å²) in [5.74, 6) is -0.492. The largest absolute Gasteiger partial charge is 0.342 e. The summed E-state index contributed by atoms with van der Waals surface area (Å²) in [6.45, 7) is 4.32. The van der Waals surface area contributed by atoms with E-state index in [1.165, 1.54) is 4.90 Å². The van der Waals surface area contributed by atoms with Crippen LogP contribution < -0.4 is 5.73 Å². The molecular formula is C22H25N3O3. The van der Waals surface area contributed by atoms with Gasteiger partial charge in [-0.15, -0.1) is 0 Å². The topological polar surface area (TPSA) is 83.7 Å². The molecule has 1 fully saturated rings. The van der Waals surface area contributed by atoms with Crippen LogP contribution in [-0.2, 0) is 4.79 Å². The summed E-state index contributed by atoms with van der Waals surface area (Å²) in [5.41, 5.74) is 6.91. The Labute approximate surface area is 164 Å². The van der Waals surface area contributed by atoms with Gasteiger partial charge in [-0.05, 0) is 42.3 Å². The lowest BCUT2D eigenvalue weighted by atomic mass is 9.90. The molecule has 0 saturated carbocycles. The second-order valence-corrected chi connectivity index (χ2v) is 8.15. The first kappa shape index (κ1) is 18.6. The van der Waals surface area contributed by atoms with Crippen molar-refractivity contribution in [1.29, 1.82) is 0 Å². The average molecular weight is 379 g/mol. The molecule has 28 heavy (non-hydrogen) atoms. The van der Waals surface area contributed by atoms with Crippen LogP contribution in [0.5, 0.6) is 0 Å². The fraction of sp³-hybridized carbons (Fsp3) is 0.409. The van der Waals surface area contributed by atoms with E-state index in [-0.39, 0.29) is 29.7 Å². The van der Waals surface area contributed by atoms with Gasteiger partial charge >= 0.3 is 0 Å². The van der Waals surface area contributed by atoms with Crippen molar-refractivity contribution in [3.05, 3.63) is 47.5 Å². The molecule has 2 aromatic carbocycles. The first-order valence-electron chi connectivity index (χ1n) is 9.79. The van der Waals surface area contributed by atoms with Crippen molar-refractivity contribution in [3.8, 4) is 0 Å². The molecule has 3 amide bonds. The quantitative estimate of drug-likeness (QED) is 0.809. The predicted octanol–water partition coefficient (Wildman–Crippen LogP) is 2.41. The molecule has 2 aliphatic rings. The number of hydrogen-bond acceptors (Lipinski definition) is 4. The molecule has 6 nitrogen and oxygen atoms in total. The highest BCUT2D eigenvalue weighted by Crippen LogP contribution is 2.31. The van der Waals surface area contributed by atoms with E-state index in [0.29, 0.717) is 37.1 Å². The molecule has 2 aromatic rings. The van der Waals surface area contributed by atoms with Gasteiger partial charge in [0.25, 0.3) is 11.8 Å². The molecule has 6 heteroatoms. The van der Waals surface area contributed by atoms with Gasteiger partial charge in [0, 0.05) is 42.6 Å². The Bertz CT molecular complexity index is 920. The van der Waals surface area contributed by atoms with Crippen molar-refractivity contribution in [1.82, 2.24) is 9.80 Å². The van der Waals surface area contributed by atoms with E-state index >= 15 is 0 Å². The van der Waals surface area contributed by atoms with Crippen LogP contribution >= 0.6 is 0 Å². The van der Waals surface area contributed by atoms with Crippen molar-refractivity contribution in [2.24, 2.45) is 11.1 Å². The van der Waals surface area contributed by atoms with Gasteiger partial charge in [0.05, 0.1) is 0 Å². The van der Waals surface area contributed by atoms with Crippen LogP contribution in [0.25, 0.3) is 10.8 Å². The minimum absolute atomic E-state index is 0.00312. The van der Waals surface area contributed by atoms with Crippen LogP contribution in [0.15, 0.2) is 36.4 Å². The second-order valence-electron chi connectivity index (χ2n) is 8.15. The molecule has 4 rings (SSSR count). The highest BCUT2D eigenvalue weighted by Gasteiger charge is 2.35. The maximum absolute atomic E-state index is 12.9. The fourth-order valence-corrected chi connectivity index (χ4v) is 4.23. The van der Waals surface area contributed by atoms with Gasteiger partial charge < -0.3 is 10.6 Å². The van der Waals surface area contributed by atoms with Crippen molar-refractivity contribution in [2.75, 3.05) is 26.2 Å². The Morgan fingerprint density at radius 1 is 1.11 bits per heavy atom. The molecule has 0 radical (unpaired) electrons. The Morgan fingerprint density at radius 2 is 1.75 bits per heavy atom. The van der Waals surface area contributed by atoms with Gasteiger partial charge in [0.1, 0.15) is 0 Å². The molecule has 2 N–H and O–H groups in total. The maximum atomic E-state index is 12.9. The van der Waals surface area contributed by atoms with Gasteiger partial charge in [-0.3, -0.25) is 19.3 Å². The number of nitrogens with zero attached hydrogens (tertiary/aromatic N) is 2. The molecule has 0 aliphatic carbocycles. The summed E-state index contributed by atoms with van der Waals surface area (Å²) in [4.78, 5) is 41.4. The number of carbonyl (C=O) groups excluding carboxylic acids is 3. The van der Waals surface area contributed by atoms with Crippen LogP contribution in [0.4, 0.5) is 0 Å². The van der Waals surface area contributed by atoms with Crippen molar-refractivity contribution in [3.63, 3.8) is 0 Å². The fourth-order valence-electron chi connectivity index (χ4n) is 4.23. The third kappa shape index (κ3) is 3.07. The minimum Gasteiger partial charge on any atom is -0.342 e. The smallest absolute Gasteiger partial charge is 0.261 e. The van der Waals surface area contributed by atoms with E-state index in [0.717, 1.165) is 23.7 Å². The molecule has 146 valence electrons. The van der Waals surface area contributed by atoms with Crippen LogP contribution in [0.3, 0.4) is 0 Å². The number of likely N-dealkylation sites (tertiary alicyclic amines) is 1. The summed E-state index contributed by atoms with van der Waals surface area (Å²) in [6, 6.07) is 11.0. The van der Waals surface area contributed by atoms with Crippen molar-refractivity contribution in [2.45, 2.75) is 26.2 Å². The van der Waals surface area contributed by atoms with Crippen LogP contribution in [0.2, 0.25) is 0 Å². The number of nitrogens with two attached hydrogens (primary N) is 1. The number of carbonyl (C=O) groups is 3. The molecule has 0 bridgehead atoms. The molecule has 1 saturated heterocycles. The molecule has 1 atom stereocenters. The van der Waals surface area contributed by atoms with E-state index in [2.05, 4.69) is 6.92 Å². The Kier molecular flexibility index (Phi) is 4.67. The van der Waals surface area contributed by atoms with Gasteiger partial charge in [-0.2, -0.15) is 0 Å². The van der Waals surface area contributed by atoms with E-state index in [1.54, 1.807) is 12.1 Å². The normalized spacial score (nSPS) is 21.6. The Hall–Kier alpha value is -2.73. The van der Waals surface area contributed by atoms with Crippen molar-refractivity contribution < 1.29 is 14.4 Å². The monoisotopic (exact) mass is 379 g/mol. The average Bonchev–Trinajstić information content (AvgIpc) is 3.11. The number of amides is 3. The third-order valence-electron chi connectivity index (χ3n) is 6.03. The zero-order chi connectivity index (χ0) is 19.9. The Balaban J connectivity index is 1.43. The van der Waals surface area contributed by atoms with E-state index in [1.807, 2.05) is 29.2 Å². The predicted molar refractivity (Wildman–Crippen MR) is 107 cm³/mol. The molecule has 0 aromatic heterocycles. The number of benzene rings is 2. The summed E-state index contributed by atoms with van der Waals surface area (Å²) in [6.07, 6.45) is 1.70. The van der Waals surface area contributed by atoms with Gasteiger partial charge in [0.2, 0.25) is 5.91 Å². The number of rotatable bonds is 5. The highest BCUT2D eigenvalue weighted by atomic mass is 16.2. The van der Waals surface area contributed by atoms with Gasteiger partial charge in [-0.1, -0.05) is 31.2 Å². The summed E-state index contributed by atoms with van der Waals surface area (Å²) < 4.78 is 0. The lowest BCUT2D eigenvalue weighted by molar-refractivity contribution is -0.130. The standard InChI is InChI=1S/C22H25N3O3/c1-22(13-23)10-12-24(14-22)18(26)9-4-11-25-20(27)16-7-2-5-15-6-3-8-17(19(15)16)21(25)28/h2-3,5-8H,4,9-14,23H2,1H3. The Morgan fingerprint density at radius 3 is 2.32 bits per heavy atom. The van der Waals surface area contributed by atoms with Crippen molar-refractivity contribution >= 4 is 28.5 Å². The molecule has 2 heterocycles. The van der Waals surface area contributed by atoms with E-state index < -0.39 is 0 Å². The van der Waals surface area contributed by atoms with Crippen LogP contribution in [0.1, 0.15) is 46.9 Å². The van der Waals surface area contributed by atoms with E-state index in [4.69, 9.17) is 5.73 Å². The minimum atomic E-state index is -0.279. The summed E-state index contributed by atoms with van der Waals surface area (Å²) in [5, 5.41) is 1.62. The zero-order valence-corrected chi connectivity index (χ0v) is 16.1. The first-order valence-corrected chi connectivity index (χ1v) is 9.79. The molecular weight excluding hydrogens is 354 g/mol. The van der Waals surface area contributed by atoms with E-state index in [9.17, 15) is 14.4 Å². The second kappa shape index (κ2) is 7.02. The zero-order valence-electron chi connectivity index (χ0n) is 16.1. The first-order chi connectivity index (χ1) is 13.4. The maximum Gasteiger partial charge on any atom is 0.261 e. The van der Waals surface area contributed by atoms with Gasteiger partial charge in [-0.25, -0.2) is 0 Å². The SMILES string of the molecule is CC1(CN)CCN(C(=O)CCCN2C(=O)c3cccc4cccc(c34)C2=O)C1. The lowest BCUT2D eigenvalue weighted by Crippen LogP contribution is -2.41. The molecule has 1 unspecified atom stereocenters. The lowest BCUT2D eigenvalue weighted by Gasteiger charge is -2.27. The van der Waals surface area contributed by atoms with Crippen LogP contribution in [-0.4, -0.2) is 53.7 Å². The summed E-state index contributed by atoms with van der Waals surface area (Å²) >= 11 is 0. The number of imide groups is 1.